The molecule has 2 unspecified atom stereocenters. The first kappa shape index (κ1) is 47.4. The van der Waals surface area contributed by atoms with Crippen molar-refractivity contribution >= 4 is 0 Å². The largest absolute Gasteiger partial charge is 0.457 e. The van der Waals surface area contributed by atoms with Crippen molar-refractivity contribution in [1.29, 1.82) is 0 Å². The molecule has 0 aliphatic carbocycles. The maximum Gasteiger partial charge on any atom is 0.430 e. The minimum absolute atomic E-state index is 0.00931. The zero-order chi connectivity index (χ0) is 38.2. The summed E-state index contributed by atoms with van der Waals surface area (Å²) in [6.45, 7) is 13.1. The molecule has 0 heterocycles. The van der Waals surface area contributed by atoms with Crippen LogP contribution in [0.1, 0.15) is 80.7 Å². The second kappa shape index (κ2) is 20.1. The summed E-state index contributed by atoms with van der Waals surface area (Å²) in [7, 11) is 0. The Hall–Kier alpha value is -2.68. The van der Waals surface area contributed by atoms with Gasteiger partial charge in [-0.3, -0.25) is 0 Å². The van der Waals surface area contributed by atoms with Gasteiger partial charge >= 0.3 is 24.7 Å². The highest BCUT2D eigenvalue weighted by atomic mass is 19.4. The van der Waals surface area contributed by atoms with Gasteiger partial charge in [-0.05, 0) is 43.0 Å². The quantitative estimate of drug-likeness (QED) is 0.217. The molecule has 0 amide bonds. The summed E-state index contributed by atoms with van der Waals surface area (Å²) in [6.07, 6.45) is -21.5. The molecule has 0 radical (unpaired) electrons. The lowest BCUT2D eigenvalue weighted by Crippen LogP contribution is -2.56. The second-order valence-electron chi connectivity index (χ2n) is 10.3. The van der Waals surface area contributed by atoms with Crippen molar-refractivity contribution in [2.24, 2.45) is 11.8 Å². The van der Waals surface area contributed by atoms with E-state index in [0.717, 1.165) is 24.3 Å². The molecule has 0 aliphatic heterocycles. The zero-order valence-electron chi connectivity index (χ0n) is 28.4. The van der Waals surface area contributed by atoms with Gasteiger partial charge in [-0.15, -0.1) is 0 Å². The highest BCUT2D eigenvalue weighted by molar-refractivity contribution is 5.36. The van der Waals surface area contributed by atoms with Crippen LogP contribution in [0.25, 0.3) is 0 Å². The third kappa shape index (κ3) is 13.0. The monoisotopic (exact) mass is 718 g/mol. The molecule has 0 N–H and O–H groups in total. The molecule has 0 saturated heterocycles. The minimum atomic E-state index is -5.69. The number of hydrogen-bond donors (Lipinski definition) is 0. The van der Waals surface area contributed by atoms with Crippen LogP contribution in [0, 0.1) is 11.8 Å². The Morgan fingerprint density at radius 1 is 0.521 bits per heavy atom. The van der Waals surface area contributed by atoms with E-state index in [1.807, 2.05) is 27.7 Å². The van der Waals surface area contributed by atoms with Gasteiger partial charge in [0.2, 0.25) is 0 Å². The van der Waals surface area contributed by atoms with E-state index < -0.39 is 60.6 Å². The smallest absolute Gasteiger partial charge is 0.430 e. The first-order chi connectivity index (χ1) is 22.0. The lowest BCUT2D eigenvalue weighted by atomic mass is 9.91. The molecular weight excluding hydrogens is 672 g/mol. The SMILES string of the molecule is CC.CC.CCC(C)COC(C)(C(F)(F)F)C(F)(F)F.CCC(C)COC(c1ccc(Oc2ccccc2)cc1)(C(F)(F)F)C(F)(F)F. The molecule has 2 atom stereocenters. The molecule has 2 rings (SSSR count). The third-order valence-electron chi connectivity index (χ3n) is 6.75. The number of alkyl halides is 12. The molecule has 0 aliphatic rings. The third-order valence-corrected chi connectivity index (χ3v) is 6.75. The number of ether oxygens (including phenoxy) is 3. The minimum Gasteiger partial charge on any atom is -0.457 e. The standard InChI is InChI=1S/C20H20F6O2.C9H14F6O.2C2H6/c1-3-14(2)13-27-18(19(21,22)23,20(24,25)26)15-9-11-17(12-10-15)28-16-7-5-4-6-8-16;1-4-6(2)5-16-7(3,8(10,11)12)9(13,14)15;2*1-2/h4-12,14H,3,13H2,1-2H3;6H,4-5H2,1-3H3;2*1-2H3. The van der Waals surface area contributed by atoms with Crippen LogP contribution in [-0.4, -0.2) is 43.5 Å². The Labute approximate surface area is 274 Å². The molecule has 3 nitrogen and oxygen atoms in total. The van der Waals surface area contributed by atoms with E-state index in [2.05, 4.69) is 9.47 Å². The molecule has 2 aromatic rings. The lowest BCUT2D eigenvalue weighted by molar-refractivity contribution is -0.391. The molecule has 2 aromatic carbocycles. The van der Waals surface area contributed by atoms with Crippen molar-refractivity contribution < 1.29 is 66.9 Å². The van der Waals surface area contributed by atoms with Crippen LogP contribution < -0.4 is 4.74 Å². The van der Waals surface area contributed by atoms with Crippen molar-refractivity contribution in [3.05, 3.63) is 60.2 Å². The van der Waals surface area contributed by atoms with Crippen LogP contribution in [0.15, 0.2) is 54.6 Å². The number of hydrogen-bond acceptors (Lipinski definition) is 3. The molecule has 0 fully saturated rings. The van der Waals surface area contributed by atoms with Crippen molar-refractivity contribution in [3.8, 4) is 11.5 Å². The summed E-state index contributed by atoms with van der Waals surface area (Å²) in [6, 6.07) is 11.9. The normalized spacial score (nSPS) is 13.9. The van der Waals surface area contributed by atoms with Gasteiger partial charge in [-0.25, -0.2) is 0 Å². The van der Waals surface area contributed by atoms with Gasteiger partial charge in [-0.1, -0.05) is 98.6 Å². The number of benzene rings is 2. The number of para-hydroxylation sites is 1. The molecule has 0 aromatic heterocycles. The summed E-state index contributed by atoms with van der Waals surface area (Å²) in [5.41, 5.74) is -9.55. The summed E-state index contributed by atoms with van der Waals surface area (Å²) in [5, 5.41) is 0. The fraction of sp³-hybridized carbons (Fsp3) is 0.636. The van der Waals surface area contributed by atoms with Gasteiger partial charge < -0.3 is 14.2 Å². The van der Waals surface area contributed by atoms with Gasteiger partial charge in [0.05, 0.1) is 13.2 Å². The van der Waals surface area contributed by atoms with Gasteiger partial charge in [0, 0.05) is 5.56 Å². The van der Waals surface area contributed by atoms with E-state index >= 15 is 0 Å². The average molecular weight is 719 g/mol. The van der Waals surface area contributed by atoms with Crippen molar-refractivity contribution in [3.63, 3.8) is 0 Å². The predicted octanol–water partition coefficient (Wildman–Crippen LogP) is 12.8. The first-order valence-corrected chi connectivity index (χ1v) is 15.3. The zero-order valence-corrected chi connectivity index (χ0v) is 28.4. The fourth-order valence-corrected chi connectivity index (χ4v) is 3.25. The van der Waals surface area contributed by atoms with Crippen LogP contribution in [0.4, 0.5) is 52.7 Å². The van der Waals surface area contributed by atoms with Crippen molar-refractivity contribution in [2.75, 3.05) is 13.2 Å². The van der Waals surface area contributed by atoms with Crippen molar-refractivity contribution in [2.45, 2.75) is 111 Å². The van der Waals surface area contributed by atoms with Gasteiger partial charge in [0.25, 0.3) is 11.2 Å². The van der Waals surface area contributed by atoms with E-state index in [1.165, 1.54) is 13.8 Å². The topological polar surface area (TPSA) is 27.7 Å². The molecule has 15 heteroatoms. The maximum absolute atomic E-state index is 13.7. The van der Waals surface area contributed by atoms with Crippen LogP contribution in [0.5, 0.6) is 11.5 Å². The maximum atomic E-state index is 13.7. The van der Waals surface area contributed by atoms with E-state index in [0.29, 0.717) is 18.6 Å². The van der Waals surface area contributed by atoms with Crippen LogP contribution in [0.2, 0.25) is 0 Å². The molecule has 280 valence electrons. The number of halogens is 12. The Kier molecular flexibility index (Phi) is 19.9. The van der Waals surface area contributed by atoms with Gasteiger partial charge in [-0.2, -0.15) is 52.7 Å². The lowest BCUT2D eigenvalue weighted by Gasteiger charge is -2.38. The highest BCUT2D eigenvalue weighted by Gasteiger charge is 2.73. The molecule has 0 spiro atoms. The van der Waals surface area contributed by atoms with Gasteiger partial charge in [0.1, 0.15) is 11.5 Å². The highest BCUT2D eigenvalue weighted by Crippen LogP contribution is 2.53. The Bertz CT molecular complexity index is 1080. The van der Waals surface area contributed by atoms with Crippen LogP contribution in [0.3, 0.4) is 0 Å². The Morgan fingerprint density at radius 2 is 0.875 bits per heavy atom. The number of rotatable bonds is 11. The Morgan fingerprint density at radius 3 is 1.21 bits per heavy atom. The Balaban J connectivity index is 0. The first-order valence-electron chi connectivity index (χ1n) is 15.3. The van der Waals surface area contributed by atoms with Crippen LogP contribution >= 0.6 is 0 Å². The molecule has 0 saturated carbocycles. The van der Waals surface area contributed by atoms with E-state index in [-0.39, 0.29) is 18.6 Å². The summed E-state index contributed by atoms with van der Waals surface area (Å²) in [4.78, 5) is 0. The predicted molar refractivity (Wildman–Crippen MR) is 161 cm³/mol. The fourth-order valence-electron chi connectivity index (χ4n) is 3.25. The summed E-state index contributed by atoms with van der Waals surface area (Å²) in [5.74, 6) is -0.315. The molecule has 48 heavy (non-hydrogen) atoms. The summed E-state index contributed by atoms with van der Waals surface area (Å²) < 4.78 is 170. The molecule has 0 bridgehead atoms. The molecular formula is C33H46F12O3. The van der Waals surface area contributed by atoms with E-state index in [9.17, 15) is 52.7 Å². The van der Waals surface area contributed by atoms with Crippen molar-refractivity contribution in [1.82, 2.24) is 0 Å². The average Bonchev–Trinajstić information content (AvgIpc) is 3.00. The van der Waals surface area contributed by atoms with Crippen LogP contribution in [-0.2, 0) is 15.1 Å². The van der Waals surface area contributed by atoms with E-state index in [4.69, 9.17) is 4.74 Å². The van der Waals surface area contributed by atoms with E-state index in [1.54, 1.807) is 44.2 Å². The second-order valence-corrected chi connectivity index (χ2v) is 10.3. The summed E-state index contributed by atoms with van der Waals surface area (Å²) >= 11 is 0. The van der Waals surface area contributed by atoms with Gasteiger partial charge in [0.15, 0.2) is 0 Å².